The summed E-state index contributed by atoms with van der Waals surface area (Å²) in [5, 5.41) is 6.58. The van der Waals surface area contributed by atoms with E-state index in [4.69, 9.17) is 16.3 Å². The Morgan fingerprint density at radius 1 is 1.41 bits per heavy atom. The van der Waals surface area contributed by atoms with Crippen LogP contribution in [0.1, 0.15) is 30.8 Å². The number of aromatic nitrogens is 2. The molecule has 11 heteroatoms. The van der Waals surface area contributed by atoms with Crippen LogP contribution in [-0.2, 0) is 21.4 Å². The van der Waals surface area contributed by atoms with E-state index >= 15 is 0 Å². The number of rotatable bonds is 5. The van der Waals surface area contributed by atoms with Gasteiger partial charge in [0.05, 0.1) is 15.6 Å². The Labute approximate surface area is 160 Å². The van der Waals surface area contributed by atoms with E-state index < -0.39 is 22.0 Å². The van der Waals surface area contributed by atoms with Crippen LogP contribution in [0.2, 0.25) is 5.02 Å². The Hall–Kier alpha value is -2.59. The molecule has 1 aliphatic heterocycles. The highest BCUT2D eigenvalue weighted by molar-refractivity contribution is 7.90. The number of nitrogens with zero attached hydrogens (tertiary/aromatic N) is 2. The fourth-order valence-electron chi connectivity index (χ4n) is 2.51. The Balaban J connectivity index is 1.85. The van der Waals surface area contributed by atoms with Crippen LogP contribution < -0.4 is 14.8 Å². The van der Waals surface area contributed by atoms with Gasteiger partial charge in [-0.3, -0.25) is 14.3 Å². The lowest BCUT2D eigenvalue weighted by Crippen LogP contribution is -2.36. The maximum absolute atomic E-state index is 12.5. The second kappa shape index (κ2) is 7.20. The lowest BCUT2D eigenvalue weighted by Gasteiger charge is -2.25. The summed E-state index contributed by atoms with van der Waals surface area (Å²) in [5.41, 5.74) is 0.0239. The third kappa shape index (κ3) is 3.76. The summed E-state index contributed by atoms with van der Waals surface area (Å²) in [7, 11) is -4.21. The second-order valence-corrected chi connectivity index (χ2v) is 7.87. The number of benzene rings is 1. The van der Waals surface area contributed by atoms with Crippen LogP contribution in [0.4, 0.5) is 5.69 Å². The number of sulfonamides is 1. The van der Waals surface area contributed by atoms with Gasteiger partial charge in [0, 0.05) is 12.7 Å². The number of halogens is 1. The Morgan fingerprint density at radius 2 is 2.15 bits per heavy atom. The van der Waals surface area contributed by atoms with Gasteiger partial charge in [0.15, 0.2) is 11.8 Å². The highest BCUT2D eigenvalue weighted by Gasteiger charge is 2.29. The predicted molar refractivity (Wildman–Crippen MR) is 97.3 cm³/mol. The third-order valence-corrected chi connectivity index (χ3v) is 5.54. The molecule has 144 valence electrons. The SMILES string of the molecule is CC[C@H]1Oc2ccc(S(=O)(=O)NC(=O)c3nn(CC)cc3Cl)cc2NC1=O. The molecule has 0 saturated carbocycles. The highest BCUT2D eigenvalue weighted by Crippen LogP contribution is 2.32. The van der Waals surface area contributed by atoms with Crippen molar-refractivity contribution >= 4 is 39.1 Å². The Bertz CT molecular complexity index is 1020. The molecule has 2 N–H and O–H groups in total. The van der Waals surface area contributed by atoms with E-state index in [0.29, 0.717) is 18.7 Å². The van der Waals surface area contributed by atoms with Crippen LogP contribution in [0.25, 0.3) is 0 Å². The first-order valence-electron chi connectivity index (χ1n) is 8.16. The molecule has 2 aromatic rings. The van der Waals surface area contributed by atoms with E-state index in [1.54, 1.807) is 13.8 Å². The van der Waals surface area contributed by atoms with Crippen molar-refractivity contribution in [3.63, 3.8) is 0 Å². The number of hydrogen-bond donors (Lipinski definition) is 2. The van der Waals surface area contributed by atoms with Crippen LogP contribution in [0.5, 0.6) is 5.75 Å². The molecule has 9 nitrogen and oxygen atoms in total. The van der Waals surface area contributed by atoms with Crippen molar-refractivity contribution < 1.29 is 22.7 Å². The zero-order chi connectivity index (χ0) is 19.8. The first-order chi connectivity index (χ1) is 12.7. The largest absolute Gasteiger partial charge is 0.478 e. The van der Waals surface area contributed by atoms with Gasteiger partial charge < -0.3 is 10.1 Å². The molecule has 0 bridgehead atoms. The van der Waals surface area contributed by atoms with Gasteiger partial charge in [-0.25, -0.2) is 13.1 Å². The monoisotopic (exact) mass is 412 g/mol. The minimum absolute atomic E-state index is 0.0428. The van der Waals surface area contributed by atoms with Gasteiger partial charge in [-0.15, -0.1) is 0 Å². The van der Waals surface area contributed by atoms with Gasteiger partial charge in [-0.1, -0.05) is 18.5 Å². The second-order valence-electron chi connectivity index (χ2n) is 5.78. The van der Waals surface area contributed by atoms with Crippen LogP contribution >= 0.6 is 11.6 Å². The van der Waals surface area contributed by atoms with Crippen LogP contribution in [0.15, 0.2) is 29.3 Å². The summed E-state index contributed by atoms with van der Waals surface area (Å²) in [6, 6.07) is 3.93. The molecule has 1 aromatic heterocycles. The standard InChI is InChI=1S/C16H17ClN4O5S/c1-3-12-15(22)18-11-7-9(5-6-13(11)26-12)27(24,25)20-16(23)14-10(17)8-21(4-2)19-14/h5-8,12H,3-4H2,1-2H3,(H,18,22)(H,20,23)/t12-/m1/s1. The summed E-state index contributed by atoms with van der Waals surface area (Å²) in [4.78, 5) is 24.0. The number of nitrogens with one attached hydrogen (secondary N) is 2. The van der Waals surface area contributed by atoms with Crippen LogP contribution in [-0.4, -0.2) is 36.1 Å². The van der Waals surface area contributed by atoms with E-state index in [2.05, 4.69) is 10.4 Å². The molecule has 1 atom stereocenters. The van der Waals surface area contributed by atoms with Crippen LogP contribution in [0, 0.1) is 0 Å². The molecular formula is C16H17ClN4O5S. The number of aryl methyl sites for hydroxylation is 1. The fourth-order valence-corrected chi connectivity index (χ4v) is 3.72. The van der Waals surface area contributed by atoms with Gasteiger partial charge in [0.25, 0.3) is 21.8 Å². The zero-order valence-corrected chi connectivity index (χ0v) is 16.1. The van der Waals surface area contributed by atoms with Crippen molar-refractivity contribution in [2.75, 3.05) is 5.32 Å². The summed E-state index contributed by atoms with van der Waals surface area (Å²) in [6.07, 6.45) is 1.28. The number of hydrogen-bond acceptors (Lipinski definition) is 6. The summed E-state index contributed by atoms with van der Waals surface area (Å²) in [6.45, 7) is 4.08. The number of carbonyl (C=O) groups excluding carboxylic acids is 2. The predicted octanol–water partition coefficient (Wildman–Crippen LogP) is 1.78. The van der Waals surface area contributed by atoms with Crippen molar-refractivity contribution in [2.24, 2.45) is 0 Å². The molecule has 3 rings (SSSR count). The minimum Gasteiger partial charge on any atom is -0.478 e. The first kappa shape index (κ1) is 19.2. The minimum atomic E-state index is -4.21. The Kier molecular flexibility index (Phi) is 5.11. The third-order valence-electron chi connectivity index (χ3n) is 3.93. The van der Waals surface area contributed by atoms with Gasteiger partial charge in [-0.2, -0.15) is 5.10 Å². The molecule has 2 amide bonds. The quantitative estimate of drug-likeness (QED) is 0.772. The number of fused-ring (bicyclic) bond motifs is 1. The number of anilines is 1. The molecule has 0 saturated heterocycles. The Morgan fingerprint density at radius 3 is 2.78 bits per heavy atom. The lowest BCUT2D eigenvalue weighted by molar-refractivity contribution is -0.123. The molecular weight excluding hydrogens is 396 g/mol. The smallest absolute Gasteiger partial charge is 0.287 e. The first-order valence-corrected chi connectivity index (χ1v) is 10.0. The van der Waals surface area contributed by atoms with E-state index in [1.807, 2.05) is 4.72 Å². The topological polar surface area (TPSA) is 119 Å². The van der Waals surface area contributed by atoms with Crippen molar-refractivity contribution in [3.05, 3.63) is 35.1 Å². The molecule has 0 spiro atoms. The van der Waals surface area contributed by atoms with E-state index in [-0.39, 0.29) is 27.2 Å². The van der Waals surface area contributed by atoms with E-state index in [1.165, 1.54) is 29.1 Å². The van der Waals surface area contributed by atoms with Gasteiger partial charge in [-0.05, 0) is 31.5 Å². The summed E-state index contributed by atoms with van der Waals surface area (Å²) >= 11 is 5.93. The molecule has 0 radical (unpaired) electrons. The average Bonchev–Trinajstić information content (AvgIpc) is 3.01. The molecule has 27 heavy (non-hydrogen) atoms. The lowest BCUT2D eigenvalue weighted by atomic mass is 10.2. The van der Waals surface area contributed by atoms with Crippen molar-refractivity contribution in [2.45, 2.75) is 37.8 Å². The number of carbonyl (C=O) groups is 2. The molecule has 0 aliphatic carbocycles. The normalized spacial score (nSPS) is 16.3. The molecule has 2 heterocycles. The maximum atomic E-state index is 12.5. The average molecular weight is 413 g/mol. The van der Waals surface area contributed by atoms with Crippen LogP contribution in [0.3, 0.4) is 0 Å². The number of amides is 2. The van der Waals surface area contributed by atoms with Crippen molar-refractivity contribution in [1.82, 2.24) is 14.5 Å². The fraction of sp³-hybridized carbons (Fsp3) is 0.312. The van der Waals surface area contributed by atoms with E-state index in [0.717, 1.165) is 0 Å². The van der Waals surface area contributed by atoms with E-state index in [9.17, 15) is 18.0 Å². The highest BCUT2D eigenvalue weighted by atomic mass is 35.5. The van der Waals surface area contributed by atoms with Gasteiger partial charge >= 0.3 is 0 Å². The molecule has 1 aromatic carbocycles. The zero-order valence-electron chi connectivity index (χ0n) is 14.5. The molecule has 0 fully saturated rings. The van der Waals surface area contributed by atoms with Gasteiger partial charge in [0.1, 0.15) is 5.75 Å². The summed E-state index contributed by atoms with van der Waals surface area (Å²) < 4.78 is 33.9. The van der Waals surface area contributed by atoms with Gasteiger partial charge in [0.2, 0.25) is 0 Å². The van der Waals surface area contributed by atoms with Crippen molar-refractivity contribution in [3.8, 4) is 5.75 Å². The molecule has 0 unspecified atom stereocenters. The summed E-state index contributed by atoms with van der Waals surface area (Å²) in [5.74, 6) is -0.951. The maximum Gasteiger partial charge on any atom is 0.287 e. The number of ether oxygens (including phenoxy) is 1. The molecule has 1 aliphatic rings. The van der Waals surface area contributed by atoms with Crippen molar-refractivity contribution in [1.29, 1.82) is 0 Å².